The van der Waals surface area contributed by atoms with Crippen molar-refractivity contribution in [2.24, 2.45) is 0 Å². The second kappa shape index (κ2) is 8.35. The van der Waals surface area contributed by atoms with Crippen molar-refractivity contribution < 1.29 is 9.59 Å². The van der Waals surface area contributed by atoms with Crippen LogP contribution in [-0.2, 0) is 16.0 Å². The number of fused-ring (bicyclic) bond motifs is 1. The molecule has 0 aromatic heterocycles. The summed E-state index contributed by atoms with van der Waals surface area (Å²) in [6.07, 6.45) is 1.98. The van der Waals surface area contributed by atoms with Gasteiger partial charge in [-0.1, -0.05) is 36.4 Å². The molecular formula is C22H27N3O2. The van der Waals surface area contributed by atoms with Gasteiger partial charge in [0.1, 0.15) is 0 Å². The lowest BCUT2D eigenvalue weighted by Gasteiger charge is -2.30. The Morgan fingerprint density at radius 1 is 1.04 bits per heavy atom. The van der Waals surface area contributed by atoms with Crippen LogP contribution in [0.5, 0.6) is 0 Å². The fourth-order valence-electron chi connectivity index (χ4n) is 3.60. The number of carbonyl (C=O) groups excluding carboxylic acids is 2. The second-order valence-corrected chi connectivity index (χ2v) is 7.26. The number of anilines is 2. The van der Waals surface area contributed by atoms with Crippen LogP contribution >= 0.6 is 0 Å². The highest BCUT2D eigenvalue weighted by atomic mass is 16.2. The van der Waals surface area contributed by atoms with Crippen molar-refractivity contribution in [1.29, 1.82) is 0 Å². The number of amides is 2. The molecule has 3 rings (SSSR count). The highest BCUT2D eigenvalue weighted by Gasteiger charge is 2.23. The molecule has 5 heteroatoms. The molecule has 1 heterocycles. The Hall–Kier alpha value is -2.66. The summed E-state index contributed by atoms with van der Waals surface area (Å²) >= 11 is 0. The molecule has 0 radical (unpaired) electrons. The van der Waals surface area contributed by atoms with Crippen LogP contribution in [-0.4, -0.2) is 43.4 Å². The van der Waals surface area contributed by atoms with Gasteiger partial charge < -0.3 is 10.2 Å². The SMILES string of the molecule is Cc1cccc(C)c1NC(=O)CN(C)CC(=O)N1CCCc2ccccc21. The van der Waals surface area contributed by atoms with E-state index in [1.165, 1.54) is 5.56 Å². The standard InChI is InChI=1S/C22H27N3O2/c1-16-8-6-9-17(2)22(16)23-20(26)14-24(3)15-21(27)25-13-7-11-18-10-4-5-12-19(18)25/h4-6,8-10,12H,7,11,13-15H2,1-3H3,(H,23,26). The summed E-state index contributed by atoms with van der Waals surface area (Å²) in [6, 6.07) is 14.0. The van der Waals surface area contributed by atoms with Crippen molar-refractivity contribution in [3.05, 3.63) is 59.2 Å². The number of hydrogen-bond donors (Lipinski definition) is 1. The molecule has 142 valence electrons. The summed E-state index contributed by atoms with van der Waals surface area (Å²) in [6.45, 7) is 5.08. The summed E-state index contributed by atoms with van der Waals surface area (Å²) < 4.78 is 0. The number of hydrogen-bond acceptors (Lipinski definition) is 3. The van der Waals surface area contributed by atoms with Gasteiger partial charge in [-0.05, 0) is 56.5 Å². The molecule has 0 aliphatic carbocycles. The van der Waals surface area contributed by atoms with Gasteiger partial charge in [0.25, 0.3) is 0 Å². The Balaban J connectivity index is 1.59. The highest BCUT2D eigenvalue weighted by molar-refractivity contribution is 5.97. The molecule has 2 aromatic rings. The number of nitrogens with one attached hydrogen (secondary N) is 1. The molecule has 1 N–H and O–H groups in total. The minimum absolute atomic E-state index is 0.0320. The molecule has 2 aromatic carbocycles. The van der Waals surface area contributed by atoms with Gasteiger partial charge in [-0.25, -0.2) is 0 Å². The van der Waals surface area contributed by atoms with Crippen LogP contribution in [0.15, 0.2) is 42.5 Å². The quantitative estimate of drug-likeness (QED) is 0.886. The molecular weight excluding hydrogens is 338 g/mol. The predicted molar refractivity (Wildman–Crippen MR) is 109 cm³/mol. The van der Waals surface area contributed by atoms with E-state index in [0.717, 1.165) is 41.9 Å². The maximum Gasteiger partial charge on any atom is 0.241 e. The van der Waals surface area contributed by atoms with Gasteiger partial charge in [0, 0.05) is 17.9 Å². The molecule has 0 atom stereocenters. The minimum Gasteiger partial charge on any atom is -0.324 e. The van der Waals surface area contributed by atoms with Gasteiger partial charge in [-0.15, -0.1) is 0 Å². The van der Waals surface area contributed by atoms with E-state index < -0.39 is 0 Å². The molecule has 1 aliphatic rings. The maximum absolute atomic E-state index is 12.8. The van der Waals surface area contributed by atoms with Crippen molar-refractivity contribution in [2.75, 3.05) is 36.9 Å². The zero-order chi connectivity index (χ0) is 19.4. The second-order valence-electron chi connectivity index (χ2n) is 7.26. The number of para-hydroxylation sites is 2. The number of aryl methyl sites for hydroxylation is 3. The van der Waals surface area contributed by atoms with Crippen molar-refractivity contribution in [3.8, 4) is 0 Å². The summed E-state index contributed by atoms with van der Waals surface area (Å²) in [5, 5.41) is 2.97. The van der Waals surface area contributed by atoms with E-state index >= 15 is 0 Å². The minimum atomic E-state index is -0.109. The summed E-state index contributed by atoms with van der Waals surface area (Å²) in [5.74, 6) is -0.0775. The Morgan fingerprint density at radius 2 is 1.74 bits per heavy atom. The molecule has 0 saturated heterocycles. The lowest BCUT2D eigenvalue weighted by Crippen LogP contribution is -2.43. The van der Waals surface area contributed by atoms with Crippen LogP contribution in [0.1, 0.15) is 23.1 Å². The predicted octanol–water partition coefficient (Wildman–Crippen LogP) is 3.15. The lowest BCUT2D eigenvalue weighted by atomic mass is 10.0. The smallest absolute Gasteiger partial charge is 0.241 e. The molecule has 0 spiro atoms. The molecule has 0 bridgehead atoms. The van der Waals surface area contributed by atoms with Gasteiger partial charge in [0.15, 0.2) is 0 Å². The van der Waals surface area contributed by atoms with Crippen molar-refractivity contribution >= 4 is 23.2 Å². The first-order valence-corrected chi connectivity index (χ1v) is 9.38. The fourth-order valence-corrected chi connectivity index (χ4v) is 3.60. The maximum atomic E-state index is 12.8. The molecule has 2 amide bonds. The van der Waals surface area contributed by atoms with Crippen LogP contribution in [0.3, 0.4) is 0 Å². The summed E-state index contributed by atoms with van der Waals surface area (Å²) in [4.78, 5) is 28.8. The van der Waals surface area contributed by atoms with E-state index in [0.29, 0.717) is 0 Å². The van der Waals surface area contributed by atoms with Crippen molar-refractivity contribution in [3.63, 3.8) is 0 Å². The normalized spacial score (nSPS) is 13.4. The van der Waals surface area contributed by atoms with E-state index in [2.05, 4.69) is 11.4 Å². The average Bonchev–Trinajstić information content (AvgIpc) is 2.64. The Kier molecular flexibility index (Phi) is 5.91. The monoisotopic (exact) mass is 365 g/mol. The van der Waals surface area contributed by atoms with Gasteiger partial charge in [0.05, 0.1) is 13.1 Å². The number of benzene rings is 2. The number of likely N-dealkylation sites (N-methyl/N-ethyl adjacent to an activating group) is 1. The first-order chi connectivity index (χ1) is 13.0. The van der Waals surface area contributed by atoms with Crippen LogP contribution in [0.25, 0.3) is 0 Å². The van der Waals surface area contributed by atoms with Gasteiger partial charge in [0.2, 0.25) is 11.8 Å². The first-order valence-electron chi connectivity index (χ1n) is 9.38. The Morgan fingerprint density at radius 3 is 2.48 bits per heavy atom. The van der Waals surface area contributed by atoms with E-state index in [-0.39, 0.29) is 24.9 Å². The van der Waals surface area contributed by atoms with Crippen LogP contribution in [0.2, 0.25) is 0 Å². The van der Waals surface area contributed by atoms with E-state index in [1.807, 2.05) is 55.1 Å². The highest BCUT2D eigenvalue weighted by Crippen LogP contribution is 2.26. The third-order valence-corrected chi connectivity index (χ3v) is 4.98. The van der Waals surface area contributed by atoms with E-state index in [4.69, 9.17) is 0 Å². The largest absolute Gasteiger partial charge is 0.324 e. The molecule has 1 aliphatic heterocycles. The van der Waals surface area contributed by atoms with Gasteiger partial charge in [-0.3, -0.25) is 14.5 Å². The van der Waals surface area contributed by atoms with Gasteiger partial charge in [-0.2, -0.15) is 0 Å². The molecule has 0 saturated carbocycles. The zero-order valence-corrected chi connectivity index (χ0v) is 16.3. The third-order valence-electron chi connectivity index (χ3n) is 4.98. The van der Waals surface area contributed by atoms with Crippen molar-refractivity contribution in [2.45, 2.75) is 26.7 Å². The van der Waals surface area contributed by atoms with Crippen LogP contribution < -0.4 is 10.2 Å². The van der Waals surface area contributed by atoms with Crippen LogP contribution in [0, 0.1) is 13.8 Å². The van der Waals surface area contributed by atoms with E-state index in [1.54, 1.807) is 11.9 Å². The molecule has 27 heavy (non-hydrogen) atoms. The molecule has 0 unspecified atom stereocenters. The third kappa shape index (κ3) is 4.55. The summed E-state index contributed by atoms with van der Waals surface area (Å²) in [5.41, 5.74) is 5.14. The molecule has 0 fully saturated rings. The van der Waals surface area contributed by atoms with E-state index in [9.17, 15) is 9.59 Å². The van der Waals surface area contributed by atoms with Crippen LogP contribution in [0.4, 0.5) is 11.4 Å². The zero-order valence-electron chi connectivity index (χ0n) is 16.3. The Bertz CT molecular complexity index is 827. The molecule has 5 nitrogen and oxygen atoms in total. The average molecular weight is 365 g/mol. The topological polar surface area (TPSA) is 52.7 Å². The van der Waals surface area contributed by atoms with Gasteiger partial charge >= 0.3 is 0 Å². The Labute approximate surface area is 161 Å². The first kappa shape index (κ1) is 19.1. The van der Waals surface area contributed by atoms with Crippen molar-refractivity contribution in [1.82, 2.24) is 4.90 Å². The number of rotatable bonds is 5. The summed E-state index contributed by atoms with van der Waals surface area (Å²) in [7, 11) is 1.80. The number of carbonyl (C=O) groups is 2. The fraction of sp³-hybridized carbons (Fsp3) is 0.364. The number of nitrogens with zero attached hydrogens (tertiary/aromatic N) is 2. The lowest BCUT2D eigenvalue weighted by molar-refractivity contribution is -0.121.